The van der Waals surface area contributed by atoms with Crippen molar-refractivity contribution in [2.24, 2.45) is 5.73 Å². The van der Waals surface area contributed by atoms with Gasteiger partial charge in [0, 0.05) is 10.6 Å². The first-order valence-electron chi connectivity index (χ1n) is 5.02. The van der Waals surface area contributed by atoms with E-state index in [9.17, 15) is 4.79 Å². The van der Waals surface area contributed by atoms with Gasteiger partial charge in [-0.05, 0) is 30.5 Å². The molecule has 0 saturated carbocycles. The molecule has 0 bridgehead atoms. The summed E-state index contributed by atoms with van der Waals surface area (Å²) in [6.07, 6.45) is 0. The van der Waals surface area contributed by atoms with Gasteiger partial charge in [-0.1, -0.05) is 31.5 Å². The van der Waals surface area contributed by atoms with Crippen LogP contribution >= 0.6 is 11.6 Å². The van der Waals surface area contributed by atoms with Crippen LogP contribution in [0.1, 0.15) is 42.6 Å². The zero-order valence-electron chi connectivity index (χ0n) is 9.25. The molecule has 0 heterocycles. The van der Waals surface area contributed by atoms with Crippen LogP contribution in [0.3, 0.4) is 0 Å². The maximum Gasteiger partial charge on any atom is 0.179 e. The van der Waals surface area contributed by atoms with Crippen molar-refractivity contribution in [1.82, 2.24) is 0 Å². The van der Waals surface area contributed by atoms with E-state index in [0.29, 0.717) is 16.5 Å². The van der Waals surface area contributed by atoms with Crippen molar-refractivity contribution in [2.45, 2.75) is 32.7 Å². The van der Waals surface area contributed by atoms with Crippen molar-refractivity contribution >= 4 is 17.4 Å². The van der Waals surface area contributed by atoms with E-state index in [1.54, 1.807) is 19.1 Å². The fourth-order valence-corrected chi connectivity index (χ4v) is 1.66. The van der Waals surface area contributed by atoms with E-state index in [1.807, 2.05) is 19.9 Å². The molecule has 0 aliphatic carbocycles. The molecule has 15 heavy (non-hydrogen) atoms. The summed E-state index contributed by atoms with van der Waals surface area (Å²) in [6.45, 7) is 5.77. The van der Waals surface area contributed by atoms with Crippen LogP contribution in [0.25, 0.3) is 0 Å². The molecule has 2 N–H and O–H groups in total. The van der Waals surface area contributed by atoms with E-state index < -0.39 is 6.04 Å². The summed E-state index contributed by atoms with van der Waals surface area (Å²) >= 11 is 5.88. The Labute approximate surface area is 95.4 Å². The first-order valence-corrected chi connectivity index (χ1v) is 5.40. The van der Waals surface area contributed by atoms with Crippen LogP contribution in [-0.4, -0.2) is 11.8 Å². The molecule has 82 valence electrons. The van der Waals surface area contributed by atoms with Crippen LogP contribution in [0.2, 0.25) is 5.02 Å². The molecular weight excluding hydrogens is 210 g/mol. The lowest BCUT2D eigenvalue weighted by atomic mass is 9.93. The lowest BCUT2D eigenvalue weighted by Crippen LogP contribution is -2.27. The second-order valence-corrected chi connectivity index (χ2v) is 4.48. The Kier molecular flexibility index (Phi) is 3.89. The Morgan fingerprint density at radius 2 is 1.93 bits per heavy atom. The second kappa shape index (κ2) is 4.77. The Morgan fingerprint density at radius 1 is 1.33 bits per heavy atom. The fraction of sp³-hybridized carbons (Fsp3) is 0.417. The standard InChI is InChI=1S/C12H16ClNO/c1-7(2)10-5-4-9(13)6-11(10)12(15)8(3)14/h4-8H,14H2,1-3H3. The summed E-state index contributed by atoms with van der Waals surface area (Å²) in [5.41, 5.74) is 7.24. The van der Waals surface area contributed by atoms with Gasteiger partial charge in [-0.25, -0.2) is 0 Å². The summed E-state index contributed by atoms with van der Waals surface area (Å²) < 4.78 is 0. The van der Waals surface area contributed by atoms with Crippen LogP contribution in [0.15, 0.2) is 18.2 Å². The van der Waals surface area contributed by atoms with Gasteiger partial charge in [-0.2, -0.15) is 0 Å². The molecule has 0 saturated heterocycles. The fourth-order valence-electron chi connectivity index (χ4n) is 1.49. The van der Waals surface area contributed by atoms with Gasteiger partial charge in [0.15, 0.2) is 5.78 Å². The predicted molar refractivity (Wildman–Crippen MR) is 63.5 cm³/mol. The van der Waals surface area contributed by atoms with Crippen LogP contribution in [-0.2, 0) is 0 Å². The predicted octanol–water partition coefficient (Wildman–Crippen LogP) is 2.99. The third kappa shape index (κ3) is 2.80. The smallest absolute Gasteiger partial charge is 0.179 e. The van der Waals surface area contributed by atoms with Crippen LogP contribution in [0.5, 0.6) is 0 Å². The van der Waals surface area contributed by atoms with Gasteiger partial charge in [0.05, 0.1) is 6.04 Å². The molecule has 3 heteroatoms. The Hall–Kier alpha value is -0.860. The second-order valence-electron chi connectivity index (χ2n) is 4.04. The average molecular weight is 226 g/mol. The summed E-state index contributed by atoms with van der Waals surface area (Å²) in [4.78, 5) is 11.8. The number of nitrogens with two attached hydrogens (primary N) is 1. The number of carbonyl (C=O) groups excluding carboxylic acids is 1. The van der Waals surface area contributed by atoms with E-state index in [0.717, 1.165) is 5.56 Å². The van der Waals surface area contributed by atoms with Crippen LogP contribution < -0.4 is 5.73 Å². The highest BCUT2D eigenvalue weighted by Gasteiger charge is 2.17. The highest BCUT2D eigenvalue weighted by molar-refractivity contribution is 6.31. The van der Waals surface area contributed by atoms with Gasteiger partial charge < -0.3 is 5.73 Å². The molecule has 0 amide bonds. The molecule has 1 atom stereocenters. The Bertz CT molecular complexity index is 372. The van der Waals surface area contributed by atoms with Crippen molar-refractivity contribution in [3.05, 3.63) is 34.3 Å². The SMILES string of the molecule is CC(N)C(=O)c1cc(Cl)ccc1C(C)C. The van der Waals surface area contributed by atoms with Crippen molar-refractivity contribution in [3.8, 4) is 0 Å². The summed E-state index contributed by atoms with van der Waals surface area (Å²) in [7, 11) is 0. The molecule has 0 aliphatic heterocycles. The highest BCUT2D eigenvalue weighted by Crippen LogP contribution is 2.23. The topological polar surface area (TPSA) is 43.1 Å². The number of carbonyl (C=O) groups is 1. The molecular formula is C12H16ClNO. The van der Waals surface area contributed by atoms with Gasteiger partial charge in [-0.3, -0.25) is 4.79 Å². The van der Waals surface area contributed by atoms with Crippen molar-refractivity contribution in [3.63, 3.8) is 0 Å². The Morgan fingerprint density at radius 3 is 2.40 bits per heavy atom. The van der Waals surface area contributed by atoms with Crippen molar-refractivity contribution in [2.75, 3.05) is 0 Å². The maximum atomic E-state index is 11.8. The van der Waals surface area contributed by atoms with Gasteiger partial charge in [0.2, 0.25) is 0 Å². The third-order valence-electron chi connectivity index (χ3n) is 2.32. The molecule has 0 spiro atoms. The lowest BCUT2D eigenvalue weighted by Gasteiger charge is -2.13. The molecule has 2 nitrogen and oxygen atoms in total. The number of Topliss-reactive ketones (excluding diaryl/α,β-unsaturated/α-hetero) is 1. The molecule has 1 aromatic carbocycles. The van der Waals surface area contributed by atoms with E-state index in [1.165, 1.54) is 0 Å². The normalized spacial score (nSPS) is 12.9. The maximum absolute atomic E-state index is 11.8. The first kappa shape index (κ1) is 12.2. The lowest BCUT2D eigenvalue weighted by molar-refractivity contribution is 0.0966. The van der Waals surface area contributed by atoms with Crippen molar-refractivity contribution < 1.29 is 4.79 Å². The first-order chi connectivity index (χ1) is 6.93. The largest absolute Gasteiger partial charge is 0.321 e. The quantitative estimate of drug-likeness (QED) is 0.804. The van der Waals surface area contributed by atoms with Crippen LogP contribution in [0.4, 0.5) is 0 Å². The summed E-state index contributed by atoms with van der Waals surface area (Å²) in [6, 6.07) is 4.90. The summed E-state index contributed by atoms with van der Waals surface area (Å²) in [5, 5.41) is 0.573. The van der Waals surface area contributed by atoms with Gasteiger partial charge in [-0.15, -0.1) is 0 Å². The monoisotopic (exact) mass is 225 g/mol. The zero-order chi connectivity index (χ0) is 11.6. The Balaban J connectivity index is 3.24. The number of ketones is 1. The third-order valence-corrected chi connectivity index (χ3v) is 2.55. The minimum absolute atomic E-state index is 0.0544. The molecule has 0 aromatic heterocycles. The average Bonchev–Trinajstić information content (AvgIpc) is 2.15. The molecule has 1 rings (SSSR count). The van der Waals surface area contributed by atoms with Gasteiger partial charge >= 0.3 is 0 Å². The van der Waals surface area contributed by atoms with E-state index in [4.69, 9.17) is 17.3 Å². The van der Waals surface area contributed by atoms with Crippen LogP contribution in [0, 0.1) is 0 Å². The minimum Gasteiger partial charge on any atom is -0.321 e. The molecule has 0 radical (unpaired) electrons. The minimum atomic E-state index is -0.485. The van der Waals surface area contributed by atoms with E-state index >= 15 is 0 Å². The van der Waals surface area contributed by atoms with Gasteiger partial charge in [0.25, 0.3) is 0 Å². The molecule has 0 fully saturated rings. The number of hydrogen-bond donors (Lipinski definition) is 1. The number of rotatable bonds is 3. The zero-order valence-corrected chi connectivity index (χ0v) is 10.0. The highest BCUT2D eigenvalue weighted by atomic mass is 35.5. The number of halogens is 1. The molecule has 1 aromatic rings. The number of hydrogen-bond acceptors (Lipinski definition) is 2. The summed E-state index contributed by atoms with van der Waals surface area (Å²) in [5.74, 6) is 0.237. The van der Waals surface area contributed by atoms with E-state index in [2.05, 4.69) is 0 Å². The molecule has 0 aliphatic rings. The number of benzene rings is 1. The molecule has 1 unspecified atom stereocenters. The van der Waals surface area contributed by atoms with Crippen molar-refractivity contribution in [1.29, 1.82) is 0 Å². The van der Waals surface area contributed by atoms with Gasteiger partial charge in [0.1, 0.15) is 0 Å². The van der Waals surface area contributed by atoms with E-state index in [-0.39, 0.29) is 5.78 Å².